The fourth-order valence-electron chi connectivity index (χ4n) is 1.65. The summed E-state index contributed by atoms with van der Waals surface area (Å²) in [5, 5.41) is 0. The van der Waals surface area contributed by atoms with E-state index >= 15 is 0 Å². The quantitative estimate of drug-likeness (QED) is 0.604. The molecule has 0 radical (unpaired) electrons. The zero-order valence-corrected chi connectivity index (χ0v) is 7.11. The van der Waals surface area contributed by atoms with Gasteiger partial charge in [-0.1, -0.05) is 18.2 Å². The Bertz CT molecular complexity index is 264. The molecule has 0 saturated heterocycles. The first-order valence-corrected chi connectivity index (χ1v) is 4.52. The van der Waals surface area contributed by atoms with Crippen LogP contribution in [0.1, 0.15) is 18.5 Å². The zero-order chi connectivity index (χ0) is 8.23. The Morgan fingerprint density at radius 3 is 3.08 bits per heavy atom. The lowest BCUT2D eigenvalue weighted by atomic mass is 10.0. The average Bonchev–Trinajstić information content (AvgIpc) is 2.59. The molecule has 0 spiro atoms. The Kier molecular flexibility index (Phi) is 2.21. The van der Waals surface area contributed by atoms with Crippen molar-refractivity contribution in [1.29, 1.82) is 0 Å². The van der Waals surface area contributed by atoms with Crippen molar-refractivity contribution in [3.63, 3.8) is 0 Å². The van der Waals surface area contributed by atoms with Crippen LogP contribution in [0.4, 0.5) is 0 Å². The molecular formula is C11H13N. The van der Waals surface area contributed by atoms with Gasteiger partial charge in [0, 0.05) is 11.9 Å². The first-order valence-electron chi connectivity index (χ1n) is 4.52. The van der Waals surface area contributed by atoms with Gasteiger partial charge < -0.3 is 0 Å². The van der Waals surface area contributed by atoms with E-state index in [4.69, 9.17) is 0 Å². The summed E-state index contributed by atoms with van der Waals surface area (Å²) in [6.07, 6.45) is 10.1. The molecule has 1 aliphatic rings. The summed E-state index contributed by atoms with van der Waals surface area (Å²) in [5.74, 6) is 0.736. The van der Waals surface area contributed by atoms with Gasteiger partial charge in [0.15, 0.2) is 0 Å². The van der Waals surface area contributed by atoms with Crippen LogP contribution in [0.15, 0.2) is 36.5 Å². The van der Waals surface area contributed by atoms with Crippen molar-refractivity contribution in [2.45, 2.75) is 19.3 Å². The van der Waals surface area contributed by atoms with Gasteiger partial charge >= 0.3 is 0 Å². The van der Waals surface area contributed by atoms with E-state index in [1.165, 1.54) is 18.5 Å². The third kappa shape index (κ3) is 1.73. The van der Waals surface area contributed by atoms with Crippen LogP contribution in [0.25, 0.3) is 0 Å². The minimum atomic E-state index is 0.736. The number of nitrogens with zero attached hydrogens (tertiary/aromatic N) is 1. The second-order valence-corrected chi connectivity index (χ2v) is 3.29. The Hall–Kier alpha value is -1.11. The third-order valence-corrected chi connectivity index (χ3v) is 2.31. The summed E-state index contributed by atoms with van der Waals surface area (Å²) in [7, 11) is 0. The van der Waals surface area contributed by atoms with Gasteiger partial charge in [0.2, 0.25) is 0 Å². The van der Waals surface area contributed by atoms with Gasteiger partial charge in [0.25, 0.3) is 0 Å². The Labute approximate surface area is 73.1 Å². The van der Waals surface area contributed by atoms with E-state index in [0.717, 1.165) is 12.3 Å². The zero-order valence-electron chi connectivity index (χ0n) is 7.11. The number of allylic oxidation sites excluding steroid dienone is 2. The Morgan fingerprint density at radius 1 is 1.42 bits per heavy atom. The molecule has 62 valence electrons. The normalized spacial score (nSPS) is 21.5. The van der Waals surface area contributed by atoms with Crippen LogP contribution in [-0.4, -0.2) is 4.98 Å². The number of pyridine rings is 1. The summed E-state index contributed by atoms with van der Waals surface area (Å²) in [6.45, 7) is 0. The smallest absolute Gasteiger partial charge is 0.0409 e. The maximum absolute atomic E-state index is 4.31. The molecule has 0 saturated carbocycles. The fraction of sp³-hybridized carbons (Fsp3) is 0.364. The van der Waals surface area contributed by atoms with Crippen molar-refractivity contribution in [3.8, 4) is 0 Å². The maximum atomic E-state index is 4.31. The minimum Gasteiger partial charge on any atom is -0.261 e. The van der Waals surface area contributed by atoms with Crippen molar-refractivity contribution in [2.75, 3.05) is 0 Å². The lowest BCUT2D eigenvalue weighted by Crippen LogP contribution is -1.98. The molecule has 1 aromatic rings. The van der Waals surface area contributed by atoms with E-state index in [1.54, 1.807) is 0 Å². The van der Waals surface area contributed by atoms with Gasteiger partial charge in [0.05, 0.1) is 0 Å². The highest BCUT2D eigenvalue weighted by Gasteiger charge is 2.09. The molecule has 1 aliphatic carbocycles. The van der Waals surface area contributed by atoms with Gasteiger partial charge in [-0.2, -0.15) is 0 Å². The van der Waals surface area contributed by atoms with Gasteiger partial charge in [-0.15, -0.1) is 0 Å². The lowest BCUT2D eigenvalue weighted by Gasteiger charge is -2.05. The second-order valence-electron chi connectivity index (χ2n) is 3.29. The van der Waals surface area contributed by atoms with E-state index in [0.29, 0.717) is 0 Å². The molecule has 2 rings (SSSR count). The largest absolute Gasteiger partial charge is 0.261 e. The molecule has 0 bridgehead atoms. The molecule has 0 N–H and O–H groups in total. The van der Waals surface area contributed by atoms with Crippen molar-refractivity contribution in [2.24, 2.45) is 5.92 Å². The Balaban J connectivity index is 1.99. The number of hydrogen-bond acceptors (Lipinski definition) is 1. The molecule has 1 aromatic heterocycles. The predicted octanol–water partition coefficient (Wildman–Crippen LogP) is 2.59. The summed E-state index contributed by atoms with van der Waals surface area (Å²) in [6, 6.07) is 6.13. The average molecular weight is 159 g/mol. The number of rotatable bonds is 2. The Morgan fingerprint density at radius 2 is 2.42 bits per heavy atom. The molecule has 0 amide bonds. The number of aromatic nitrogens is 1. The first-order chi connectivity index (χ1) is 5.95. The van der Waals surface area contributed by atoms with Gasteiger partial charge in [-0.3, -0.25) is 4.98 Å². The summed E-state index contributed by atoms with van der Waals surface area (Å²) >= 11 is 0. The molecule has 1 heteroatoms. The number of hydrogen-bond donors (Lipinski definition) is 0. The van der Waals surface area contributed by atoms with E-state index in [1.807, 2.05) is 12.3 Å². The molecule has 12 heavy (non-hydrogen) atoms. The summed E-state index contributed by atoms with van der Waals surface area (Å²) in [5.41, 5.74) is 1.22. The monoisotopic (exact) mass is 159 g/mol. The van der Waals surface area contributed by atoms with E-state index in [9.17, 15) is 0 Å². The minimum absolute atomic E-state index is 0.736. The first kappa shape index (κ1) is 7.53. The second kappa shape index (κ2) is 3.53. The SMILES string of the molecule is C1=CC(Cc2ccccn2)CC1. The molecular weight excluding hydrogens is 146 g/mol. The van der Waals surface area contributed by atoms with Crippen molar-refractivity contribution in [1.82, 2.24) is 4.98 Å². The predicted molar refractivity (Wildman–Crippen MR) is 49.8 cm³/mol. The standard InChI is InChI=1S/C11H13N/c1-2-6-10(5-1)9-11-7-3-4-8-12-11/h1,3-5,7-8,10H,2,6,9H2. The fourth-order valence-corrected chi connectivity index (χ4v) is 1.65. The maximum Gasteiger partial charge on any atom is 0.0409 e. The van der Waals surface area contributed by atoms with Crippen LogP contribution in [0.2, 0.25) is 0 Å². The van der Waals surface area contributed by atoms with Crippen LogP contribution in [0.3, 0.4) is 0 Å². The molecule has 1 atom stereocenters. The highest BCUT2D eigenvalue weighted by atomic mass is 14.7. The van der Waals surface area contributed by atoms with Crippen LogP contribution >= 0.6 is 0 Å². The highest BCUT2D eigenvalue weighted by Crippen LogP contribution is 2.20. The van der Waals surface area contributed by atoms with Crippen molar-refractivity contribution < 1.29 is 0 Å². The molecule has 1 nitrogen and oxygen atoms in total. The van der Waals surface area contributed by atoms with Crippen LogP contribution in [-0.2, 0) is 6.42 Å². The van der Waals surface area contributed by atoms with E-state index in [-0.39, 0.29) is 0 Å². The van der Waals surface area contributed by atoms with E-state index < -0.39 is 0 Å². The molecule has 0 aliphatic heterocycles. The van der Waals surface area contributed by atoms with Gasteiger partial charge in [0.1, 0.15) is 0 Å². The van der Waals surface area contributed by atoms with Gasteiger partial charge in [-0.25, -0.2) is 0 Å². The molecule has 1 unspecified atom stereocenters. The summed E-state index contributed by atoms with van der Waals surface area (Å²) < 4.78 is 0. The van der Waals surface area contributed by atoms with Crippen LogP contribution < -0.4 is 0 Å². The van der Waals surface area contributed by atoms with Crippen LogP contribution in [0.5, 0.6) is 0 Å². The summed E-state index contributed by atoms with van der Waals surface area (Å²) in [4.78, 5) is 4.31. The highest BCUT2D eigenvalue weighted by molar-refractivity contribution is 5.08. The molecule has 0 fully saturated rings. The lowest BCUT2D eigenvalue weighted by molar-refractivity contribution is 0.620. The topological polar surface area (TPSA) is 12.9 Å². The van der Waals surface area contributed by atoms with Crippen molar-refractivity contribution in [3.05, 3.63) is 42.2 Å². The third-order valence-electron chi connectivity index (χ3n) is 2.31. The van der Waals surface area contributed by atoms with Gasteiger partial charge in [-0.05, 0) is 37.3 Å². The van der Waals surface area contributed by atoms with Crippen molar-refractivity contribution >= 4 is 0 Å². The molecule has 0 aromatic carbocycles. The van der Waals surface area contributed by atoms with E-state index in [2.05, 4.69) is 29.3 Å². The van der Waals surface area contributed by atoms with Crippen LogP contribution in [0, 0.1) is 5.92 Å². The molecule has 1 heterocycles.